The minimum atomic E-state index is -0.0941. The topological polar surface area (TPSA) is 15.3 Å². The van der Waals surface area contributed by atoms with E-state index in [1.807, 2.05) is 13.0 Å². The first-order valence-electron chi connectivity index (χ1n) is 6.81. The smallest absolute Gasteiger partial charge is 0.146 e. The van der Waals surface area contributed by atoms with Crippen LogP contribution in [0.1, 0.15) is 25.8 Å². The molecule has 1 aromatic rings. The highest BCUT2D eigenvalue weighted by molar-refractivity contribution is 5.54. The van der Waals surface area contributed by atoms with E-state index >= 15 is 0 Å². The van der Waals surface area contributed by atoms with Crippen LogP contribution in [-0.4, -0.2) is 25.7 Å². The van der Waals surface area contributed by atoms with Crippen LogP contribution in [0.3, 0.4) is 0 Å². The summed E-state index contributed by atoms with van der Waals surface area (Å²) >= 11 is 0. The number of rotatable bonds is 1. The minimum Gasteiger partial charge on any atom is -0.369 e. The van der Waals surface area contributed by atoms with Gasteiger partial charge in [-0.25, -0.2) is 4.39 Å². The molecule has 0 amide bonds. The lowest BCUT2D eigenvalue weighted by Gasteiger charge is -2.33. The van der Waals surface area contributed by atoms with Crippen molar-refractivity contribution in [2.75, 3.05) is 24.5 Å². The van der Waals surface area contributed by atoms with Crippen molar-refractivity contribution in [1.29, 1.82) is 0 Å². The van der Waals surface area contributed by atoms with Gasteiger partial charge in [-0.05, 0) is 44.4 Å². The van der Waals surface area contributed by atoms with E-state index in [1.54, 1.807) is 12.1 Å². The molecule has 0 aliphatic carbocycles. The second kappa shape index (κ2) is 5.70. The summed E-state index contributed by atoms with van der Waals surface area (Å²) in [6, 6.07) is 5.84. The predicted octanol–water partition coefficient (Wildman–Crippen LogP) is 2.96. The Kier molecular flexibility index (Phi) is 4.23. The molecular weight excluding hydrogens is 227 g/mol. The summed E-state index contributed by atoms with van der Waals surface area (Å²) < 4.78 is 14.0. The lowest BCUT2D eigenvalue weighted by Crippen LogP contribution is -2.43. The molecule has 1 aromatic carbocycles. The first kappa shape index (κ1) is 13.3. The largest absolute Gasteiger partial charge is 0.369 e. The Hall–Kier alpha value is -1.09. The summed E-state index contributed by atoms with van der Waals surface area (Å²) in [5.74, 6) is 0.440. The zero-order chi connectivity index (χ0) is 13.1. The number of para-hydroxylation sites is 1. The molecule has 1 heterocycles. The maximum atomic E-state index is 14.0. The Bertz CT molecular complexity index is 385. The van der Waals surface area contributed by atoms with Gasteiger partial charge >= 0.3 is 0 Å². The molecule has 100 valence electrons. The Morgan fingerprint density at radius 3 is 2.83 bits per heavy atom. The average Bonchev–Trinajstić information content (AvgIpc) is 2.31. The molecule has 2 unspecified atom stereocenters. The van der Waals surface area contributed by atoms with Crippen LogP contribution in [-0.2, 0) is 0 Å². The Balaban J connectivity index is 2.24. The average molecular weight is 250 g/mol. The number of anilines is 1. The fourth-order valence-electron chi connectivity index (χ4n) is 2.61. The monoisotopic (exact) mass is 250 g/mol. The molecule has 0 radical (unpaired) electrons. The van der Waals surface area contributed by atoms with Crippen LogP contribution >= 0.6 is 0 Å². The van der Waals surface area contributed by atoms with Crippen LogP contribution in [0.15, 0.2) is 18.2 Å². The van der Waals surface area contributed by atoms with Crippen molar-refractivity contribution in [3.63, 3.8) is 0 Å². The van der Waals surface area contributed by atoms with Crippen molar-refractivity contribution in [1.82, 2.24) is 5.32 Å². The molecule has 2 rings (SSSR count). The lowest BCUT2D eigenvalue weighted by molar-refractivity contribution is 0.408. The van der Waals surface area contributed by atoms with Gasteiger partial charge in [-0.2, -0.15) is 0 Å². The molecule has 0 spiro atoms. The van der Waals surface area contributed by atoms with Gasteiger partial charge in [0.2, 0.25) is 0 Å². The van der Waals surface area contributed by atoms with Crippen LogP contribution in [0.5, 0.6) is 0 Å². The maximum absolute atomic E-state index is 14.0. The minimum absolute atomic E-state index is 0.0941. The molecule has 0 saturated carbocycles. The molecule has 1 fully saturated rings. The van der Waals surface area contributed by atoms with E-state index in [-0.39, 0.29) is 5.82 Å². The van der Waals surface area contributed by atoms with Gasteiger partial charge in [0.1, 0.15) is 5.82 Å². The number of benzene rings is 1. The quantitative estimate of drug-likeness (QED) is 0.824. The first-order chi connectivity index (χ1) is 8.58. The van der Waals surface area contributed by atoms with Gasteiger partial charge in [-0.15, -0.1) is 0 Å². The second-order valence-electron chi connectivity index (χ2n) is 5.55. The number of hydrogen-bond acceptors (Lipinski definition) is 2. The maximum Gasteiger partial charge on any atom is 0.146 e. The van der Waals surface area contributed by atoms with Crippen LogP contribution in [0.4, 0.5) is 10.1 Å². The number of nitrogens with zero attached hydrogens (tertiary/aromatic N) is 1. The van der Waals surface area contributed by atoms with E-state index < -0.39 is 0 Å². The van der Waals surface area contributed by atoms with Gasteiger partial charge in [0, 0.05) is 19.1 Å². The number of hydrogen-bond donors (Lipinski definition) is 1. The zero-order valence-corrected chi connectivity index (χ0v) is 11.5. The molecule has 18 heavy (non-hydrogen) atoms. The normalized spacial score (nSPS) is 25.7. The van der Waals surface area contributed by atoms with Gasteiger partial charge in [-0.1, -0.05) is 19.1 Å². The fourth-order valence-corrected chi connectivity index (χ4v) is 2.61. The van der Waals surface area contributed by atoms with E-state index in [4.69, 9.17) is 0 Å². The molecule has 2 atom stereocenters. The molecular formula is C15H23FN2. The molecule has 1 N–H and O–H groups in total. The van der Waals surface area contributed by atoms with Gasteiger partial charge < -0.3 is 10.2 Å². The van der Waals surface area contributed by atoms with Crippen LogP contribution in [0.2, 0.25) is 0 Å². The standard InChI is InChI=1S/C15H23FN2/c1-11-9-17-13(3)7-8-18(10-11)15-12(2)5-4-6-14(15)16/h4-6,11,13,17H,7-10H2,1-3H3. The van der Waals surface area contributed by atoms with Crippen molar-refractivity contribution in [2.45, 2.75) is 33.2 Å². The summed E-state index contributed by atoms with van der Waals surface area (Å²) in [6.07, 6.45) is 1.06. The van der Waals surface area contributed by atoms with Crippen molar-refractivity contribution < 1.29 is 4.39 Å². The lowest BCUT2D eigenvalue weighted by atomic mass is 10.0. The molecule has 1 saturated heterocycles. The van der Waals surface area contributed by atoms with E-state index in [1.165, 1.54) is 0 Å². The van der Waals surface area contributed by atoms with Gasteiger partial charge in [0.05, 0.1) is 5.69 Å². The summed E-state index contributed by atoms with van der Waals surface area (Å²) in [6.45, 7) is 9.25. The molecule has 0 aromatic heterocycles. The third-order valence-electron chi connectivity index (χ3n) is 3.68. The van der Waals surface area contributed by atoms with E-state index in [9.17, 15) is 4.39 Å². The summed E-state index contributed by atoms with van der Waals surface area (Å²) in [5, 5.41) is 3.52. The van der Waals surface area contributed by atoms with Crippen molar-refractivity contribution in [3.8, 4) is 0 Å². The fraction of sp³-hybridized carbons (Fsp3) is 0.600. The molecule has 3 heteroatoms. The highest BCUT2D eigenvalue weighted by atomic mass is 19.1. The second-order valence-corrected chi connectivity index (χ2v) is 5.55. The van der Waals surface area contributed by atoms with Crippen LogP contribution in [0.25, 0.3) is 0 Å². The SMILES string of the molecule is Cc1cccc(F)c1N1CCC(C)NCC(C)C1. The summed E-state index contributed by atoms with van der Waals surface area (Å²) in [5.41, 5.74) is 1.82. The van der Waals surface area contributed by atoms with Crippen molar-refractivity contribution >= 4 is 5.69 Å². The Morgan fingerprint density at radius 2 is 2.11 bits per heavy atom. The highest BCUT2D eigenvalue weighted by Gasteiger charge is 2.20. The Labute approximate surface area is 109 Å². The highest BCUT2D eigenvalue weighted by Crippen LogP contribution is 2.25. The first-order valence-corrected chi connectivity index (χ1v) is 6.81. The van der Waals surface area contributed by atoms with Crippen molar-refractivity contribution in [3.05, 3.63) is 29.6 Å². The molecule has 0 bridgehead atoms. The summed E-state index contributed by atoms with van der Waals surface area (Å²) in [4.78, 5) is 2.21. The number of nitrogens with one attached hydrogen (secondary N) is 1. The van der Waals surface area contributed by atoms with E-state index in [0.717, 1.165) is 37.3 Å². The van der Waals surface area contributed by atoms with E-state index in [0.29, 0.717) is 12.0 Å². The molecule has 1 aliphatic heterocycles. The van der Waals surface area contributed by atoms with E-state index in [2.05, 4.69) is 24.1 Å². The molecule has 2 nitrogen and oxygen atoms in total. The summed E-state index contributed by atoms with van der Waals surface area (Å²) in [7, 11) is 0. The number of halogens is 1. The predicted molar refractivity (Wildman–Crippen MR) is 74.6 cm³/mol. The zero-order valence-electron chi connectivity index (χ0n) is 11.5. The number of aryl methyl sites for hydroxylation is 1. The van der Waals surface area contributed by atoms with Crippen LogP contribution < -0.4 is 10.2 Å². The van der Waals surface area contributed by atoms with Gasteiger partial charge in [-0.3, -0.25) is 0 Å². The third kappa shape index (κ3) is 3.02. The van der Waals surface area contributed by atoms with Gasteiger partial charge in [0.25, 0.3) is 0 Å². The third-order valence-corrected chi connectivity index (χ3v) is 3.68. The molecule has 1 aliphatic rings. The van der Waals surface area contributed by atoms with Crippen LogP contribution in [0, 0.1) is 18.7 Å². The van der Waals surface area contributed by atoms with Gasteiger partial charge in [0.15, 0.2) is 0 Å². The van der Waals surface area contributed by atoms with Crippen molar-refractivity contribution in [2.24, 2.45) is 5.92 Å². The Morgan fingerprint density at radius 1 is 1.33 bits per heavy atom.